The zero-order valence-corrected chi connectivity index (χ0v) is 9.42. The number of amides is 1. The van der Waals surface area contributed by atoms with Gasteiger partial charge in [0.25, 0.3) is 0 Å². The molecule has 0 unspecified atom stereocenters. The van der Waals surface area contributed by atoms with Crippen LogP contribution < -0.4 is 10.6 Å². The molecule has 6 nitrogen and oxygen atoms in total. The summed E-state index contributed by atoms with van der Waals surface area (Å²) in [7, 11) is 1.73. The molecule has 2 rings (SSSR count). The van der Waals surface area contributed by atoms with E-state index in [9.17, 15) is 4.79 Å². The molecule has 88 valence electrons. The minimum Gasteiger partial charge on any atom is -0.325 e. The van der Waals surface area contributed by atoms with Gasteiger partial charge in [-0.05, 0) is 31.3 Å². The summed E-state index contributed by atoms with van der Waals surface area (Å²) in [4.78, 5) is 15.2. The highest BCUT2D eigenvalue weighted by Gasteiger charge is 2.01. The molecule has 0 fully saturated rings. The van der Waals surface area contributed by atoms with E-state index in [1.165, 1.54) is 6.33 Å². The van der Waals surface area contributed by atoms with Gasteiger partial charge >= 0.3 is 0 Å². The molecule has 1 aromatic carbocycles. The Hall–Kier alpha value is -2.21. The van der Waals surface area contributed by atoms with Crippen molar-refractivity contribution >= 4 is 11.6 Å². The fourth-order valence-electron chi connectivity index (χ4n) is 1.40. The lowest BCUT2D eigenvalue weighted by molar-refractivity contribution is -0.115. The number of carbonyl (C=O) groups excluding carboxylic acids is 1. The summed E-state index contributed by atoms with van der Waals surface area (Å²) in [5, 5.41) is 9.57. The van der Waals surface area contributed by atoms with Gasteiger partial charge in [-0.25, -0.2) is 9.67 Å². The second kappa shape index (κ2) is 5.22. The quantitative estimate of drug-likeness (QED) is 0.800. The molecule has 17 heavy (non-hydrogen) atoms. The van der Waals surface area contributed by atoms with Crippen molar-refractivity contribution < 1.29 is 4.79 Å². The average Bonchev–Trinajstić information content (AvgIpc) is 2.84. The summed E-state index contributed by atoms with van der Waals surface area (Å²) in [6.45, 7) is 0.296. The topological polar surface area (TPSA) is 71.8 Å². The van der Waals surface area contributed by atoms with E-state index >= 15 is 0 Å². The Morgan fingerprint density at radius 3 is 2.71 bits per heavy atom. The van der Waals surface area contributed by atoms with E-state index in [4.69, 9.17) is 0 Å². The average molecular weight is 231 g/mol. The predicted molar refractivity (Wildman–Crippen MR) is 63.9 cm³/mol. The molecule has 0 bridgehead atoms. The summed E-state index contributed by atoms with van der Waals surface area (Å²) in [5.74, 6) is -0.0685. The van der Waals surface area contributed by atoms with Crippen LogP contribution in [-0.2, 0) is 4.79 Å². The highest BCUT2D eigenvalue weighted by Crippen LogP contribution is 2.11. The number of benzene rings is 1. The van der Waals surface area contributed by atoms with Crippen LogP contribution in [0.2, 0.25) is 0 Å². The Morgan fingerprint density at radius 2 is 2.12 bits per heavy atom. The monoisotopic (exact) mass is 231 g/mol. The van der Waals surface area contributed by atoms with Gasteiger partial charge in [0, 0.05) is 5.69 Å². The van der Waals surface area contributed by atoms with Crippen molar-refractivity contribution in [3.63, 3.8) is 0 Å². The lowest BCUT2D eigenvalue weighted by atomic mass is 10.3. The Labute approximate surface area is 98.7 Å². The summed E-state index contributed by atoms with van der Waals surface area (Å²) in [6, 6.07) is 7.38. The molecule has 0 atom stereocenters. The Kier molecular flexibility index (Phi) is 3.46. The van der Waals surface area contributed by atoms with Crippen LogP contribution in [0.3, 0.4) is 0 Å². The first kappa shape index (κ1) is 11.3. The zero-order chi connectivity index (χ0) is 12.1. The first-order valence-electron chi connectivity index (χ1n) is 5.19. The molecule has 0 spiro atoms. The van der Waals surface area contributed by atoms with Crippen LogP contribution >= 0.6 is 0 Å². The maximum atomic E-state index is 11.3. The van der Waals surface area contributed by atoms with Gasteiger partial charge < -0.3 is 10.6 Å². The van der Waals surface area contributed by atoms with Gasteiger partial charge in [0.2, 0.25) is 5.91 Å². The molecular weight excluding hydrogens is 218 g/mol. The minimum atomic E-state index is -0.0685. The Bertz CT molecular complexity index is 477. The van der Waals surface area contributed by atoms with Gasteiger partial charge in [0.15, 0.2) is 0 Å². The summed E-state index contributed by atoms with van der Waals surface area (Å²) in [5.41, 5.74) is 1.66. The number of likely N-dealkylation sites (N-methyl/N-ethyl adjacent to an activating group) is 1. The molecule has 2 aromatic rings. The van der Waals surface area contributed by atoms with E-state index in [1.807, 2.05) is 24.3 Å². The molecule has 1 amide bonds. The van der Waals surface area contributed by atoms with Gasteiger partial charge in [-0.15, -0.1) is 0 Å². The summed E-state index contributed by atoms with van der Waals surface area (Å²) < 4.78 is 1.65. The maximum absolute atomic E-state index is 11.3. The molecular formula is C11H13N5O. The molecule has 0 saturated heterocycles. The lowest BCUT2D eigenvalue weighted by Gasteiger charge is -2.05. The van der Waals surface area contributed by atoms with Crippen LogP contribution in [0.5, 0.6) is 0 Å². The van der Waals surface area contributed by atoms with E-state index in [1.54, 1.807) is 18.1 Å². The van der Waals surface area contributed by atoms with Crippen molar-refractivity contribution in [1.29, 1.82) is 0 Å². The predicted octanol–water partition coefficient (Wildman–Crippen LogP) is 0.425. The number of nitrogens with zero attached hydrogens (tertiary/aromatic N) is 3. The van der Waals surface area contributed by atoms with Crippen LogP contribution in [0.4, 0.5) is 5.69 Å². The van der Waals surface area contributed by atoms with Crippen LogP contribution in [0, 0.1) is 0 Å². The van der Waals surface area contributed by atoms with E-state index in [2.05, 4.69) is 20.7 Å². The smallest absolute Gasteiger partial charge is 0.238 e. The second-order valence-electron chi connectivity index (χ2n) is 3.47. The van der Waals surface area contributed by atoms with E-state index in [0.29, 0.717) is 6.54 Å². The van der Waals surface area contributed by atoms with Crippen LogP contribution in [0.25, 0.3) is 5.69 Å². The summed E-state index contributed by atoms with van der Waals surface area (Å²) in [6.07, 6.45) is 3.09. The molecule has 1 aromatic heterocycles. The van der Waals surface area contributed by atoms with Crippen molar-refractivity contribution in [2.75, 3.05) is 18.9 Å². The first-order chi connectivity index (χ1) is 8.29. The Morgan fingerprint density at radius 1 is 1.35 bits per heavy atom. The van der Waals surface area contributed by atoms with Crippen molar-refractivity contribution in [2.45, 2.75) is 0 Å². The zero-order valence-electron chi connectivity index (χ0n) is 9.42. The third-order valence-corrected chi connectivity index (χ3v) is 2.17. The SMILES string of the molecule is CNCC(=O)Nc1ccc(-n2cncn2)cc1. The van der Waals surface area contributed by atoms with E-state index in [-0.39, 0.29) is 5.91 Å². The van der Waals surface area contributed by atoms with Crippen molar-refractivity contribution in [3.8, 4) is 5.69 Å². The number of carbonyl (C=O) groups is 1. The number of rotatable bonds is 4. The Balaban J connectivity index is 2.06. The number of hydrogen-bond donors (Lipinski definition) is 2. The summed E-state index contributed by atoms with van der Waals surface area (Å²) >= 11 is 0. The van der Waals surface area contributed by atoms with E-state index in [0.717, 1.165) is 11.4 Å². The van der Waals surface area contributed by atoms with Gasteiger partial charge in [0.05, 0.1) is 12.2 Å². The van der Waals surface area contributed by atoms with Gasteiger partial charge in [-0.3, -0.25) is 4.79 Å². The first-order valence-corrected chi connectivity index (χ1v) is 5.19. The van der Waals surface area contributed by atoms with Gasteiger partial charge in [-0.1, -0.05) is 0 Å². The molecule has 0 aliphatic rings. The number of hydrogen-bond acceptors (Lipinski definition) is 4. The highest BCUT2D eigenvalue weighted by atomic mass is 16.1. The molecule has 0 aliphatic carbocycles. The molecule has 2 N–H and O–H groups in total. The fourth-order valence-corrected chi connectivity index (χ4v) is 1.40. The van der Waals surface area contributed by atoms with E-state index < -0.39 is 0 Å². The lowest BCUT2D eigenvalue weighted by Crippen LogP contribution is -2.24. The number of anilines is 1. The number of nitrogens with one attached hydrogen (secondary N) is 2. The standard InChI is InChI=1S/C11H13N5O/c1-12-6-11(17)15-9-2-4-10(5-3-9)16-8-13-7-14-16/h2-5,7-8,12H,6H2,1H3,(H,15,17). The normalized spacial score (nSPS) is 10.2. The third-order valence-electron chi connectivity index (χ3n) is 2.17. The van der Waals surface area contributed by atoms with Crippen molar-refractivity contribution in [1.82, 2.24) is 20.1 Å². The van der Waals surface area contributed by atoms with Gasteiger partial charge in [-0.2, -0.15) is 5.10 Å². The van der Waals surface area contributed by atoms with Gasteiger partial charge in [0.1, 0.15) is 12.7 Å². The third kappa shape index (κ3) is 2.88. The minimum absolute atomic E-state index is 0.0685. The highest BCUT2D eigenvalue weighted by molar-refractivity contribution is 5.92. The molecule has 0 radical (unpaired) electrons. The van der Waals surface area contributed by atoms with Crippen LogP contribution in [0.15, 0.2) is 36.9 Å². The molecule has 6 heteroatoms. The van der Waals surface area contributed by atoms with Crippen molar-refractivity contribution in [3.05, 3.63) is 36.9 Å². The molecule has 0 saturated carbocycles. The number of aromatic nitrogens is 3. The molecule has 0 aliphatic heterocycles. The second-order valence-corrected chi connectivity index (χ2v) is 3.47. The van der Waals surface area contributed by atoms with Crippen LogP contribution in [-0.4, -0.2) is 34.3 Å². The van der Waals surface area contributed by atoms with Crippen LogP contribution in [0.1, 0.15) is 0 Å². The molecule has 1 heterocycles. The fraction of sp³-hybridized carbons (Fsp3) is 0.182. The largest absolute Gasteiger partial charge is 0.325 e. The maximum Gasteiger partial charge on any atom is 0.238 e. The van der Waals surface area contributed by atoms with Crippen molar-refractivity contribution in [2.24, 2.45) is 0 Å².